The number of furan rings is 1. The van der Waals surface area contributed by atoms with Crippen LogP contribution in [0.5, 0.6) is 0 Å². The molecule has 0 aliphatic rings. The number of nitrogens with zero attached hydrogens (tertiary/aromatic N) is 2. The van der Waals surface area contributed by atoms with Gasteiger partial charge in [-0.1, -0.05) is 30.3 Å². The van der Waals surface area contributed by atoms with E-state index in [1.54, 1.807) is 6.26 Å². The summed E-state index contributed by atoms with van der Waals surface area (Å²) in [6.45, 7) is 0.158. The molecule has 0 bridgehead atoms. The summed E-state index contributed by atoms with van der Waals surface area (Å²) in [6.07, 6.45) is 1.60. The lowest BCUT2D eigenvalue weighted by atomic mass is 10.3. The molecule has 0 atom stereocenters. The van der Waals surface area contributed by atoms with E-state index in [0.717, 1.165) is 16.7 Å². The molecule has 4 rings (SSSR count). The highest BCUT2D eigenvalue weighted by molar-refractivity contribution is 5.92. The van der Waals surface area contributed by atoms with Gasteiger partial charge < -0.3 is 14.3 Å². The minimum atomic E-state index is -0.114. The van der Waals surface area contributed by atoms with Crippen molar-refractivity contribution in [2.75, 3.05) is 5.32 Å². The number of benzene rings is 2. The molecule has 2 aromatic heterocycles. The highest BCUT2D eigenvalue weighted by atomic mass is 16.3. The molecule has 0 saturated heterocycles. The molecular formula is C19H15N3O2. The molecule has 5 heteroatoms. The van der Waals surface area contributed by atoms with Gasteiger partial charge in [0.1, 0.15) is 6.54 Å². The third kappa shape index (κ3) is 2.67. The van der Waals surface area contributed by atoms with Crippen LogP contribution in [0.4, 0.5) is 5.69 Å². The molecule has 0 aliphatic carbocycles. The van der Waals surface area contributed by atoms with Crippen LogP contribution in [-0.2, 0) is 11.3 Å². The smallest absolute Gasteiger partial charge is 0.244 e. The maximum absolute atomic E-state index is 12.5. The average molecular weight is 317 g/mol. The van der Waals surface area contributed by atoms with E-state index in [1.165, 1.54) is 0 Å². The van der Waals surface area contributed by atoms with Crippen molar-refractivity contribution in [1.82, 2.24) is 9.55 Å². The average Bonchev–Trinajstić information content (AvgIpc) is 3.24. The van der Waals surface area contributed by atoms with Crippen LogP contribution in [-0.4, -0.2) is 15.5 Å². The van der Waals surface area contributed by atoms with Gasteiger partial charge in [-0.05, 0) is 36.4 Å². The van der Waals surface area contributed by atoms with E-state index in [1.807, 2.05) is 71.3 Å². The molecule has 0 saturated carbocycles. The highest BCUT2D eigenvalue weighted by Crippen LogP contribution is 2.25. The van der Waals surface area contributed by atoms with Crippen molar-refractivity contribution in [2.45, 2.75) is 6.54 Å². The number of anilines is 1. The number of rotatable bonds is 4. The number of carbonyl (C=O) groups is 1. The highest BCUT2D eigenvalue weighted by Gasteiger charge is 2.16. The number of amides is 1. The van der Waals surface area contributed by atoms with Crippen molar-refractivity contribution in [3.8, 4) is 11.6 Å². The van der Waals surface area contributed by atoms with E-state index < -0.39 is 0 Å². The number of hydrogen-bond acceptors (Lipinski definition) is 3. The Morgan fingerprint density at radius 2 is 1.79 bits per heavy atom. The van der Waals surface area contributed by atoms with E-state index in [-0.39, 0.29) is 12.5 Å². The maximum atomic E-state index is 12.5. The summed E-state index contributed by atoms with van der Waals surface area (Å²) in [4.78, 5) is 17.1. The summed E-state index contributed by atoms with van der Waals surface area (Å²) in [6, 6.07) is 20.8. The van der Waals surface area contributed by atoms with E-state index in [4.69, 9.17) is 4.42 Å². The van der Waals surface area contributed by atoms with Crippen molar-refractivity contribution < 1.29 is 9.21 Å². The van der Waals surface area contributed by atoms with Crippen LogP contribution in [0, 0.1) is 0 Å². The second-order valence-electron chi connectivity index (χ2n) is 5.40. The first kappa shape index (κ1) is 14.3. The van der Waals surface area contributed by atoms with Crippen LogP contribution >= 0.6 is 0 Å². The van der Waals surface area contributed by atoms with Gasteiger partial charge in [0.2, 0.25) is 5.91 Å². The molecule has 0 unspecified atom stereocenters. The molecular weight excluding hydrogens is 302 g/mol. The van der Waals surface area contributed by atoms with Gasteiger partial charge in [-0.2, -0.15) is 0 Å². The third-order valence-corrected chi connectivity index (χ3v) is 3.76. The topological polar surface area (TPSA) is 60.1 Å². The van der Waals surface area contributed by atoms with Crippen molar-refractivity contribution in [1.29, 1.82) is 0 Å². The Balaban J connectivity index is 1.70. The van der Waals surface area contributed by atoms with E-state index in [9.17, 15) is 4.79 Å². The van der Waals surface area contributed by atoms with Gasteiger partial charge in [0.05, 0.1) is 17.3 Å². The lowest BCUT2D eigenvalue weighted by Crippen LogP contribution is -2.19. The second kappa shape index (κ2) is 6.04. The van der Waals surface area contributed by atoms with Crippen molar-refractivity contribution in [3.05, 3.63) is 73.0 Å². The standard InChI is InChI=1S/C19H15N3O2/c23-18(20-14-7-2-1-3-8-14)13-22-16-10-5-4-9-15(16)21-19(22)17-11-6-12-24-17/h1-12H,13H2,(H,20,23). The summed E-state index contributed by atoms with van der Waals surface area (Å²) >= 11 is 0. The molecule has 2 heterocycles. The van der Waals surface area contributed by atoms with Crippen LogP contribution in [0.1, 0.15) is 0 Å². The number of aromatic nitrogens is 2. The number of imidazole rings is 1. The monoisotopic (exact) mass is 317 g/mol. The summed E-state index contributed by atoms with van der Waals surface area (Å²) in [5.74, 6) is 1.17. The molecule has 0 spiro atoms. The number of nitrogens with one attached hydrogen (secondary N) is 1. The lowest BCUT2D eigenvalue weighted by molar-refractivity contribution is -0.116. The van der Waals surface area contributed by atoms with Gasteiger partial charge in [0, 0.05) is 5.69 Å². The summed E-state index contributed by atoms with van der Waals surface area (Å²) in [7, 11) is 0. The van der Waals surface area contributed by atoms with Gasteiger partial charge in [-0.25, -0.2) is 4.98 Å². The SMILES string of the molecule is O=C(Cn1c(-c2ccco2)nc2ccccc21)Nc1ccccc1. The van der Waals surface area contributed by atoms with Crippen molar-refractivity contribution in [2.24, 2.45) is 0 Å². The van der Waals surface area contributed by atoms with Gasteiger partial charge in [0.25, 0.3) is 0 Å². The number of carbonyl (C=O) groups excluding carboxylic acids is 1. The lowest BCUT2D eigenvalue weighted by Gasteiger charge is -2.09. The second-order valence-corrected chi connectivity index (χ2v) is 5.40. The molecule has 0 radical (unpaired) electrons. The zero-order valence-electron chi connectivity index (χ0n) is 12.8. The Labute approximate surface area is 138 Å². The number of hydrogen-bond donors (Lipinski definition) is 1. The quantitative estimate of drug-likeness (QED) is 0.620. The van der Waals surface area contributed by atoms with E-state index in [0.29, 0.717) is 11.6 Å². The van der Waals surface area contributed by atoms with Crippen LogP contribution in [0.15, 0.2) is 77.4 Å². The van der Waals surface area contributed by atoms with Gasteiger partial charge in [-0.15, -0.1) is 0 Å². The Hall–Kier alpha value is -3.34. The Morgan fingerprint density at radius 1 is 1.00 bits per heavy atom. The molecule has 118 valence electrons. The normalized spacial score (nSPS) is 10.8. The molecule has 0 fully saturated rings. The Morgan fingerprint density at radius 3 is 2.58 bits per heavy atom. The minimum absolute atomic E-state index is 0.114. The number of fused-ring (bicyclic) bond motifs is 1. The van der Waals surface area contributed by atoms with Crippen molar-refractivity contribution in [3.63, 3.8) is 0 Å². The Bertz CT molecular complexity index is 972. The Kier molecular flexibility index (Phi) is 3.59. The largest absolute Gasteiger partial charge is 0.461 e. The summed E-state index contributed by atoms with van der Waals surface area (Å²) in [5, 5.41) is 2.90. The molecule has 2 aromatic carbocycles. The third-order valence-electron chi connectivity index (χ3n) is 3.76. The van der Waals surface area contributed by atoms with E-state index in [2.05, 4.69) is 10.3 Å². The van der Waals surface area contributed by atoms with Crippen LogP contribution in [0.3, 0.4) is 0 Å². The molecule has 4 aromatic rings. The van der Waals surface area contributed by atoms with Gasteiger partial charge in [-0.3, -0.25) is 4.79 Å². The van der Waals surface area contributed by atoms with Gasteiger partial charge in [0.15, 0.2) is 11.6 Å². The van der Waals surface area contributed by atoms with Crippen molar-refractivity contribution >= 4 is 22.6 Å². The van der Waals surface area contributed by atoms with E-state index >= 15 is 0 Å². The maximum Gasteiger partial charge on any atom is 0.244 e. The zero-order chi connectivity index (χ0) is 16.4. The molecule has 5 nitrogen and oxygen atoms in total. The van der Waals surface area contributed by atoms with Crippen LogP contribution in [0.2, 0.25) is 0 Å². The van der Waals surface area contributed by atoms with Gasteiger partial charge >= 0.3 is 0 Å². The first-order chi connectivity index (χ1) is 11.8. The van der Waals surface area contributed by atoms with Crippen LogP contribution < -0.4 is 5.32 Å². The molecule has 1 N–H and O–H groups in total. The molecule has 24 heavy (non-hydrogen) atoms. The fourth-order valence-corrected chi connectivity index (χ4v) is 2.70. The zero-order valence-corrected chi connectivity index (χ0v) is 12.8. The molecule has 1 amide bonds. The first-order valence-electron chi connectivity index (χ1n) is 7.65. The minimum Gasteiger partial charge on any atom is -0.461 e. The fourth-order valence-electron chi connectivity index (χ4n) is 2.70. The predicted molar refractivity (Wildman–Crippen MR) is 92.5 cm³/mol. The van der Waals surface area contributed by atoms with Crippen LogP contribution in [0.25, 0.3) is 22.6 Å². The predicted octanol–water partition coefficient (Wildman–Crippen LogP) is 3.94. The molecule has 0 aliphatic heterocycles. The summed E-state index contributed by atoms with van der Waals surface area (Å²) < 4.78 is 7.34. The summed E-state index contributed by atoms with van der Waals surface area (Å²) in [5.41, 5.74) is 2.50. The number of para-hydroxylation sites is 3. The first-order valence-corrected chi connectivity index (χ1v) is 7.65. The fraction of sp³-hybridized carbons (Fsp3) is 0.0526.